The molecule has 6 nitrogen and oxygen atoms in total. The van der Waals surface area contributed by atoms with Crippen LogP contribution in [0.4, 0.5) is 11.4 Å². The summed E-state index contributed by atoms with van der Waals surface area (Å²) in [5.74, 6) is -0.478. The van der Waals surface area contributed by atoms with E-state index in [1.165, 1.54) is 4.57 Å². The van der Waals surface area contributed by atoms with E-state index < -0.39 is 14.0 Å². The first-order chi connectivity index (χ1) is 14.9. The van der Waals surface area contributed by atoms with Gasteiger partial charge in [-0.1, -0.05) is 52.1 Å². The van der Waals surface area contributed by atoms with E-state index in [9.17, 15) is 14.4 Å². The number of para-hydroxylation sites is 1. The number of amides is 2. The number of rotatable bonds is 5. The molecule has 0 bridgehead atoms. The molecule has 1 heterocycles. The summed E-state index contributed by atoms with van der Waals surface area (Å²) in [6.07, 6.45) is 0. The molecule has 7 heteroatoms. The zero-order valence-corrected chi connectivity index (χ0v) is 20.6. The maximum atomic E-state index is 12.8. The predicted octanol–water partition coefficient (Wildman–Crippen LogP) is 5.24. The lowest BCUT2D eigenvalue weighted by atomic mass is 10.1. The molecule has 168 valence electrons. The van der Waals surface area contributed by atoms with Crippen LogP contribution in [0.1, 0.15) is 31.1 Å². The molecule has 1 aromatic heterocycles. The maximum absolute atomic E-state index is 12.8. The van der Waals surface area contributed by atoms with Crippen LogP contribution < -0.4 is 16.2 Å². The van der Waals surface area contributed by atoms with Gasteiger partial charge in [0.1, 0.15) is 5.56 Å². The molecule has 0 aliphatic heterocycles. The van der Waals surface area contributed by atoms with Gasteiger partial charge in [0.2, 0.25) is 5.91 Å². The molecule has 32 heavy (non-hydrogen) atoms. The van der Waals surface area contributed by atoms with Crippen molar-refractivity contribution in [3.63, 3.8) is 0 Å². The molecular formula is C25H31N3O3Si. The molecule has 0 saturated heterocycles. The van der Waals surface area contributed by atoms with Gasteiger partial charge in [-0.2, -0.15) is 0 Å². The SMILES string of the molecule is Cn1c(=O)c(C(=O)Nc2ccccc2)cc2cc(NC(=O)C[Si](C)(C)C(C)(C)C)ccc21. The highest BCUT2D eigenvalue weighted by Gasteiger charge is 2.36. The van der Waals surface area contributed by atoms with Crippen LogP contribution in [0.5, 0.6) is 0 Å². The van der Waals surface area contributed by atoms with Crippen molar-refractivity contribution in [2.24, 2.45) is 7.05 Å². The minimum absolute atomic E-state index is 0.0113. The minimum Gasteiger partial charge on any atom is -0.326 e. The van der Waals surface area contributed by atoms with Crippen molar-refractivity contribution in [2.45, 2.75) is 44.9 Å². The quantitative estimate of drug-likeness (QED) is 0.523. The van der Waals surface area contributed by atoms with E-state index in [0.717, 1.165) is 0 Å². The Labute approximate surface area is 189 Å². The van der Waals surface area contributed by atoms with Gasteiger partial charge in [0.05, 0.1) is 13.6 Å². The maximum Gasteiger partial charge on any atom is 0.263 e. The van der Waals surface area contributed by atoms with Crippen molar-refractivity contribution in [3.05, 3.63) is 70.5 Å². The van der Waals surface area contributed by atoms with Gasteiger partial charge in [-0.3, -0.25) is 14.4 Å². The second-order valence-electron chi connectivity index (χ2n) is 9.87. The fourth-order valence-electron chi connectivity index (χ4n) is 3.31. The van der Waals surface area contributed by atoms with E-state index in [1.54, 1.807) is 43.4 Å². The molecule has 0 radical (unpaired) electrons. The summed E-state index contributed by atoms with van der Waals surface area (Å²) in [6.45, 7) is 11.0. The van der Waals surface area contributed by atoms with Crippen molar-refractivity contribution in [1.29, 1.82) is 0 Å². The van der Waals surface area contributed by atoms with Gasteiger partial charge in [0, 0.05) is 29.9 Å². The third-order valence-corrected chi connectivity index (χ3v) is 11.7. The summed E-state index contributed by atoms with van der Waals surface area (Å²) in [5.41, 5.74) is 1.63. The van der Waals surface area contributed by atoms with E-state index in [0.29, 0.717) is 28.3 Å². The summed E-state index contributed by atoms with van der Waals surface area (Å²) in [4.78, 5) is 38.2. The van der Waals surface area contributed by atoms with Crippen LogP contribution in [0.25, 0.3) is 10.9 Å². The monoisotopic (exact) mass is 449 g/mol. The zero-order chi connectivity index (χ0) is 23.7. The summed E-state index contributed by atoms with van der Waals surface area (Å²) >= 11 is 0. The van der Waals surface area contributed by atoms with Crippen molar-refractivity contribution in [2.75, 3.05) is 10.6 Å². The van der Waals surface area contributed by atoms with Crippen LogP contribution in [0.15, 0.2) is 59.4 Å². The second-order valence-corrected chi connectivity index (χ2v) is 15.5. The van der Waals surface area contributed by atoms with E-state index in [4.69, 9.17) is 0 Å². The number of aromatic nitrogens is 1. The van der Waals surface area contributed by atoms with Crippen molar-refractivity contribution in [3.8, 4) is 0 Å². The van der Waals surface area contributed by atoms with Crippen molar-refractivity contribution >= 4 is 42.2 Å². The summed E-state index contributed by atoms with van der Waals surface area (Å²) in [5, 5.41) is 6.58. The lowest BCUT2D eigenvalue weighted by Gasteiger charge is -2.36. The molecule has 0 aliphatic carbocycles. The van der Waals surface area contributed by atoms with Gasteiger partial charge >= 0.3 is 0 Å². The van der Waals surface area contributed by atoms with Gasteiger partial charge in [0.15, 0.2) is 0 Å². The third kappa shape index (κ3) is 4.99. The van der Waals surface area contributed by atoms with Gasteiger partial charge in [0.25, 0.3) is 11.5 Å². The van der Waals surface area contributed by atoms with E-state index in [-0.39, 0.29) is 22.1 Å². The fourth-order valence-corrected chi connectivity index (χ4v) is 4.74. The average Bonchev–Trinajstić information content (AvgIpc) is 2.70. The van der Waals surface area contributed by atoms with Gasteiger partial charge < -0.3 is 15.2 Å². The Kier molecular flexibility index (Phi) is 6.41. The van der Waals surface area contributed by atoms with Crippen LogP contribution in [0.2, 0.25) is 24.2 Å². The molecule has 0 unspecified atom stereocenters. The average molecular weight is 450 g/mol. The fraction of sp³-hybridized carbons (Fsp3) is 0.320. The molecule has 0 saturated carbocycles. The Balaban J connectivity index is 1.89. The summed E-state index contributed by atoms with van der Waals surface area (Å²) in [7, 11) is -0.125. The van der Waals surface area contributed by atoms with Crippen molar-refractivity contribution in [1.82, 2.24) is 4.57 Å². The number of fused-ring (bicyclic) bond motifs is 1. The number of anilines is 2. The normalized spacial score (nSPS) is 11.9. The first kappa shape index (κ1) is 23.5. The Hall–Kier alpha value is -3.19. The predicted molar refractivity (Wildman–Crippen MR) is 134 cm³/mol. The summed E-state index contributed by atoms with van der Waals surface area (Å²) < 4.78 is 1.45. The third-order valence-electron chi connectivity index (χ3n) is 6.42. The van der Waals surface area contributed by atoms with Crippen LogP contribution >= 0.6 is 0 Å². The number of carbonyl (C=O) groups excluding carboxylic acids is 2. The topological polar surface area (TPSA) is 80.2 Å². The number of hydrogen-bond acceptors (Lipinski definition) is 3. The Morgan fingerprint density at radius 1 is 0.938 bits per heavy atom. The number of nitrogens with zero attached hydrogens (tertiary/aromatic N) is 1. The second kappa shape index (κ2) is 8.74. The summed E-state index contributed by atoms with van der Waals surface area (Å²) in [6, 6.07) is 16.5. The molecule has 0 aliphatic rings. The van der Waals surface area contributed by atoms with Crippen LogP contribution in [-0.2, 0) is 11.8 Å². The van der Waals surface area contributed by atoms with Crippen LogP contribution in [-0.4, -0.2) is 24.5 Å². The van der Waals surface area contributed by atoms with Crippen molar-refractivity contribution < 1.29 is 9.59 Å². The van der Waals surface area contributed by atoms with Crippen LogP contribution in [0, 0.1) is 0 Å². The molecular weight excluding hydrogens is 418 g/mol. The molecule has 3 rings (SSSR count). The number of benzene rings is 2. The highest BCUT2D eigenvalue weighted by Crippen LogP contribution is 2.38. The highest BCUT2D eigenvalue weighted by molar-refractivity contribution is 6.82. The molecule has 2 amide bonds. The molecule has 0 spiro atoms. The number of aryl methyl sites for hydroxylation is 1. The first-order valence-electron chi connectivity index (χ1n) is 10.7. The molecule has 2 N–H and O–H groups in total. The highest BCUT2D eigenvalue weighted by atomic mass is 28.3. The lowest BCUT2D eigenvalue weighted by Crippen LogP contribution is -2.40. The Bertz CT molecular complexity index is 1220. The molecule has 3 aromatic rings. The zero-order valence-electron chi connectivity index (χ0n) is 19.6. The number of hydrogen-bond donors (Lipinski definition) is 2. The van der Waals surface area contributed by atoms with Crippen LogP contribution in [0.3, 0.4) is 0 Å². The van der Waals surface area contributed by atoms with E-state index in [2.05, 4.69) is 44.5 Å². The number of nitrogens with one attached hydrogen (secondary N) is 2. The smallest absolute Gasteiger partial charge is 0.263 e. The van der Waals surface area contributed by atoms with Gasteiger partial charge in [-0.15, -0.1) is 0 Å². The largest absolute Gasteiger partial charge is 0.326 e. The standard InChI is InChI=1S/C25H31N3O3Si/c1-25(2,3)32(5,6)16-22(29)26-19-12-13-21-17(14-19)15-20(24(31)28(21)4)23(30)27-18-10-8-7-9-11-18/h7-15H,16H2,1-6H3,(H,26,29)(H,27,30). The lowest BCUT2D eigenvalue weighted by molar-refractivity contribution is -0.114. The number of pyridine rings is 1. The number of carbonyl (C=O) groups is 2. The van der Waals surface area contributed by atoms with E-state index >= 15 is 0 Å². The molecule has 2 aromatic carbocycles. The molecule has 0 fully saturated rings. The van der Waals surface area contributed by atoms with Gasteiger partial charge in [-0.05, 0) is 41.4 Å². The Morgan fingerprint density at radius 2 is 1.59 bits per heavy atom. The first-order valence-corrected chi connectivity index (χ1v) is 13.9. The Morgan fingerprint density at radius 3 is 2.22 bits per heavy atom. The van der Waals surface area contributed by atoms with E-state index in [1.807, 2.05) is 18.2 Å². The van der Waals surface area contributed by atoms with Gasteiger partial charge in [-0.25, -0.2) is 0 Å². The molecule has 0 atom stereocenters. The minimum atomic E-state index is -1.76.